The Hall–Kier alpha value is -2.56. The van der Waals surface area contributed by atoms with Crippen molar-refractivity contribution in [2.45, 2.75) is 6.92 Å². The fraction of sp³-hybridized carbons (Fsp3) is 0.250. The van der Waals surface area contributed by atoms with Gasteiger partial charge in [0.2, 0.25) is 0 Å². The van der Waals surface area contributed by atoms with Gasteiger partial charge in [0.15, 0.2) is 0 Å². The van der Waals surface area contributed by atoms with Crippen molar-refractivity contribution in [3.8, 4) is 0 Å². The Labute approximate surface area is 122 Å². The lowest BCUT2D eigenvalue weighted by Crippen LogP contribution is -2.32. The number of pyridine rings is 1. The number of anilines is 1. The Morgan fingerprint density at radius 1 is 1.19 bits per heavy atom. The number of carbonyl (C=O) groups is 1. The zero-order chi connectivity index (χ0) is 15.0. The molecule has 0 unspecified atom stereocenters. The van der Waals surface area contributed by atoms with Gasteiger partial charge in [0.1, 0.15) is 0 Å². The minimum atomic E-state index is -0.110. The highest BCUT2D eigenvalue weighted by molar-refractivity contribution is 5.93. The molecule has 21 heavy (non-hydrogen) atoms. The summed E-state index contributed by atoms with van der Waals surface area (Å²) in [5, 5.41) is 3.83. The van der Waals surface area contributed by atoms with E-state index in [1.165, 1.54) is 0 Å². The first-order valence-corrected chi connectivity index (χ1v) is 6.87. The second-order valence-corrected chi connectivity index (χ2v) is 5.27. The summed E-state index contributed by atoms with van der Waals surface area (Å²) in [5.74, 6) is 0. The van der Waals surface area contributed by atoms with Gasteiger partial charge in [-0.25, -0.2) is 4.79 Å². The molecular weight excluding hydrogens is 266 g/mol. The Bertz CT molecular complexity index is 797. The van der Waals surface area contributed by atoms with Crippen molar-refractivity contribution in [3.63, 3.8) is 0 Å². The summed E-state index contributed by atoms with van der Waals surface area (Å²) in [6, 6.07) is 7.31. The van der Waals surface area contributed by atoms with E-state index in [2.05, 4.69) is 5.32 Å². The molecule has 1 aliphatic heterocycles. The van der Waals surface area contributed by atoms with Crippen molar-refractivity contribution in [2.75, 3.05) is 18.4 Å². The van der Waals surface area contributed by atoms with Crippen LogP contribution in [-0.2, 0) is 7.05 Å². The van der Waals surface area contributed by atoms with Gasteiger partial charge in [-0.1, -0.05) is 12.2 Å². The number of carbonyl (C=O) groups excluding carboxylic acids is 1. The van der Waals surface area contributed by atoms with Gasteiger partial charge in [0.25, 0.3) is 5.56 Å². The second kappa shape index (κ2) is 5.09. The summed E-state index contributed by atoms with van der Waals surface area (Å²) in [4.78, 5) is 25.7. The van der Waals surface area contributed by atoms with Gasteiger partial charge in [-0.3, -0.25) is 4.79 Å². The van der Waals surface area contributed by atoms with Gasteiger partial charge in [0, 0.05) is 36.8 Å². The standard InChI is InChI=1S/C16H17N3O2/c1-11-9-12-10-13(5-6-14(12)18(2)15(11)20)17-16(21)19-7-3-4-8-19/h3-6,9-10H,7-8H2,1-2H3,(H,17,21). The molecule has 0 spiro atoms. The highest BCUT2D eigenvalue weighted by atomic mass is 16.2. The van der Waals surface area contributed by atoms with Crippen molar-refractivity contribution >= 4 is 22.6 Å². The highest BCUT2D eigenvalue weighted by Crippen LogP contribution is 2.19. The average molecular weight is 283 g/mol. The van der Waals surface area contributed by atoms with Crippen LogP contribution in [0.2, 0.25) is 0 Å². The molecule has 0 saturated carbocycles. The minimum absolute atomic E-state index is 0.00225. The Morgan fingerprint density at radius 2 is 1.90 bits per heavy atom. The lowest BCUT2D eigenvalue weighted by molar-refractivity contribution is 0.224. The first kappa shape index (κ1) is 13.4. The first-order valence-electron chi connectivity index (χ1n) is 6.87. The van der Waals surface area contributed by atoms with E-state index < -0.39 is 0 Å². The molecule has 108 valence electrons. The van der Waals surface area contributed by atoms with Crippen LogP contribution in [0.5, 0.6) is 0 Å². The average Bonchev–Trinajstić information content (AvgIpc) is 2.99. The number of aryl methyl sites for hydroxylation is 2. The van der Waals surface area contributed by atoms with E-state index >= 15 is 0 Å². The third-order valence-electron chi connectivity index (χ3n) is 3.76. The summed E-state index contributed by atoms with van der Waals surface area (Å²) < 4.78 is 1.63. The minimum Gasteiger partial charge on any atom is -0.317 e. The van der Waals surface area contributed by atoms with Gasteiger partial charge in [0.05, 0.1) is 5.52 Å². The highest BCUT2D eigenvalue weighted by Gasteiger charge is 2.14. The molecule has 3 rings (SSSR count). The molecule has 5 nitrogen and oxygen atoms in total. The number of rotatable bonds is 1. The van der Waals surface area contributed by atoms with Crippen LogP contribution in [0.3, 0.4) is 0 Å². The number of nitrogens with zero attached hydrogens (tertiary/aromatic N) is 2. The summed E-state index contributed by atoms with van der Waals surface area (Å²) in [6.07, 6.45) is 3.94. The monoisotopic (exact) mass is 283 g/mol. The van der Waals surface area contributed by atoms with E-state index in [0.717, 1.165) is 16.6 Å². The zero-order valence-corrected chi connectivity index (χ0v) is 12.1. The number of hydrogen-bond donors (Lipinski definition) is 1. The molecule has 5 heteroatoms. The van der Waals surface area contributed by atoms with E-state index in [4.69, 9.17) is 0 Å². The Balaban J connectivity index is 1.92. The molecule has 1 N–H and O–H groups in total. The Kier molecular flexibility index (Phi) is 3.25. The summed E-state index contributed by atoms with van der Waals surface area (Å²) in [5.41, 5.74) is 2.28. The van der Waals surface area contributed by atoms with Crippen LogP contribution >= 0.6 is 0 Å². The maximum atomic E-state index is 12.1. The van der Waals surface area contributed by atoms with Crippen molar-refractivity contribution < 1.29 is 4.79 Å². The van der Waals surface area contributed by atoms with E-state index in [-0.39, 0.29) is 11.6 Å². The van der Waals surface area contributed by atoms with Gasteiger partial charge in [-0.05, 0) is 31.2 Å². The molecule has 0 aliphatic carbocycles. The van der Waals surface area contributed by atoms with Crippen LogP contribution in [0.25, 0.3) is 10.9 Å². The van der Waals surface area contributed by atoms with Crippen LogP contribution in [0.1, 0.15) is 5.56 Å². The maximum absolute atomic E-state index is 12.1. The van der Waals surface area contributed by atoms with Gasteiger partial charge < -0.3 is 14.8 Å². The number of nitrogens with one attached hydrogen (secondary N) is 1. The SMILES string of the molecule is Cc1cc2cc(NC(=O)N3CC=CC3)ccc2n(C)c1=O. The van der Waals surface area contributed by atoms with Gasteiger partial charge >= 0.3 is 6.03 Å². The van der Waals surface area contributed by atoms with E-state index in [9.17, 15) is 9.59 Å². The number of hydrogen-bond acceptors (Lipinski definition) is 2. The normalized spacial score (nSPS) is 13.9. The third kappa shape index (κ3) is 2.42. The lowest BCUT2D eigenvalue weighted by Gasteiger charge is -2.16. The summed E-state index contributed by atoms with van der Waals surface area (Å²) in [7, 11) is 1.76. The van der Waals surface area contributed by atoms with E-state index in [0.29, 0.717) is 18.7 Å². The molecule has 0 fully saturated rings. The largest absolute Gasteiger partial charge is 0.322 e. The molecule has 1 aromatic carbocycles. The predicted molar refractivity (Wildman–Crippen MR) is 83.7 cm³/mol. The predicted octanol–water partition coefficient (Wildman–Crippen LogP) is 2.25. The number of fused-ring (bicyclic) bond motifs is 1. The third-order valence-corrected chi connectivity index (χ3v) is 3.76. The van der Waals surface area contributed by atoms with Gasteiger partial charge in [-0.15, -0.1) is 0 Å². The molecule has 2 heterocycles. The van der Waals surface area contributed by atoms with E-state index in [1.807, 2.05) is 36.4 Å². The summed E-state index contributed by atoms with van der Waals surface area (Å²) >= 11 is 0. The molecule has 1 aliphatic rings. The molecule has 0 bridgehead atoms. The van der Waals surface area contributed by atoms with Crippen molar-refractivity contribution in [1.29, 1.82) is 0 Å². The molecule has 0 saturated heterocycles. The molecule has 0 radical (unpaired) electrons. The first-order chi connectivity index (χ1) is 10.1. The smallest absolute Gasteiger partial charge is 0.317 e. The van der Waals surface area contributed by atoms with E-state index in [1.54, 1.807) is 23.4 Å². The van der Waals surface area contributed by atoms with Crippen LogP contribution in [-0.4, -0.2) is 28.6 Å². The number of urea groups is 1. The van der Waals surface area contributed by atoms with Gasteiger partial charge in [-0.2, -0.15) is 0 Å². The number of amides is 2. The van der Waals surface area contributed by atoms with Crippen molar-refractivity contribution in [2.24, 2.45) is 7.05 Å². The summed E-state index contributed by atoms with van der Waals surface area (Å²) in [6.45, 7) is 3.09. The van der Waals surface area contributed by atoms with Crippen molar-refractivity contribution in [3.05, 3.63) is 52.3 Å². The van der Waals surface area contributed by atoms with Crippen LogP contribution < -0.4 is 10.9 Å². The lowest BCUT2D eigenvalue weighted by atomic mass is 10.1. The van der Waals surface area contributed by atoms with Crippen LogP contribution in [0.15, 0.2) is 41.2 Å². The second-order valence-electron chi connectivity index (χ2n) is 5.27. The van der Waals surface area contributed by atoms with Crippen LogP contribution in [0.4, 0.5) is 10.5 Å². The molecule has 0 atom stereocenters. The van der Waals surface area contributed by atoms with Crippen LogP contribution in [0, 0.1) is 6.92 Å². The number of aromatic nitrogens is 1. The maximum Gasteiger partial charge on any atom is 0.322 e. The quantitative estimate of drug-likeness (QED) is 0.816. The molecule has 2 aromatic rings. The fourth-order valence-corrected chi connectivity index (χ4v) is 2.57. The molecule has 1 aromatic heterocycles. The molecule has 2 amide bonds. The topological polar surface area (TPSA) is 54.3 Å². The fourth-order valence-electron chi connectivity index (χ4n) is 2.57. The number of benzene rings is 1. The molecular formula is C16H17N3O2. The Morgan fingerprint density at radius 3 is 2.62 bits per heavy atom. The van der Waals surface area contributed by atoms with Crippen molar-refractivity contribution in [1.82, 2.24) is 9.47 Å². The zero-order valence-electron chi connectivity index (χ0n) is 12.1.